The third-order valence-corrected chi connectivity index (χ3v) is 6.66. The summed E-state index contributed by atoms with van der Waals surface area (Å²) in [4.78, 5) is 0. The zero-order valence-electron chi connectivity index (χ0n) is 11.3. The number of rotatable bonds is 7. The number of hydrogen-bond donors (Lipinski definition) is 0. The van der Waals surface area contributed by atoms with Crippen LogP contribution < -0.4 is 0 Å². The van der Waals surface area contributed by atoms with Gasteiger partial charge in [-0.3, -0.25) is 0 Å². The summed E-state index contributed by atoms with van der Waals surface area (Å²) >= 11 is 9.47. The van der Waals surface area contributed by atoms with E-state index < -0.39 is 9.84 Å². The molecule has 2 nitrogen and oxygen atoms in total. The SMILES string of the molecule is CC(C)S(=O)(=O)CCC(CCl)Cc1ccccc1Br. The van der Waals surface area contributed by atoms with Crippen LogP contribution in [0.2, 0.25) is 0 Å². The molecule has 19 heavy (non-hydrogen) atoms. The molecule has 0 aromatic heterocycles. The van der Waals surface area contributed by atoms with Gasteiger partial charge in [0.1, 0.15) is 0 Å². The minimum Gasteiger partial charge on any atom is -0.229 e. The van der Waals surface area contributed by atoms with Crippen molar-refractivity contribution in [1.82, 2.24) is 0 Å². The van der Waals surface area contributed by atoms with Gasteiger partial charge < -0.3 is 0 Å². The molecule has 1 aromatic carbocycles. The molecule has 0 N–H and O–H groups in total. The van der Waals surface area contributed by atoms with E-state index in [0.717, 1.165) is 10.9 Å². The van der Waals surface area contributed by atoms with Gasteiger partial charge >= 0.3 is 0 Å². The highest BCUT2D eigenvalue weighted by atomic mass is 79.9. The summed E-state index contributed by atoms with van der Waals surface area (Å²) in [5, 5.41) is -0.313. The molecule has 1 unspecified atom stereocenters. The summed E-state index contributed by atoms with van der Waals surface area (Å²) in [5.41, 5.74) is 1.18. The lowest BCUT2D eigenvalue weighted by Gasteiger charge is -2.16. The summed E-state index contributed by atoms with van der Waals surface area (Å²) in [6.45, 7) is 3.44. The van der Waals surface area contributed by atoms with Gasteiger partial charge in [0.25, 0.3) is 0 Å². The predicted molar refractivity (Wildman–Crippen MR) is 85.6 cm³/mol. The van der Waals surface area contributed by atoms with Crippen LogP contribution in [-0.2, 0) is 16.3 Å². The first-order valence-electron chi connectivity index (χ1n) is 6.37. The molecule has 0 radical (unpaired) electrons. The second kappa shape index (κ2) is 7.65. The first-order chi connectivity index (χ1) is 8.86. The largest absolute Gasteiger partial charge is 0.229 e. The Hall–Kier alpha value is -0.0600. The summed E-state index contributed by atoms with van der Waals surface area (Å²) < 4.78 is 24.7. The van der Waals surface area contributed by atoms with Gasteiger partial charge in [0.15, 0.2) is 9.84 Å². The van der Waals surface area contributed by atoms with Crippen molar-refractivity contribution in [2.45, 2.75) is 31.9 Å². The zero-order valence-corrected chi connectivity index (χ0v) is 14.4. The molecule has 1 atom stereocenters. The van der Waals surface area contributed by atoms with Crippen molar-refractivity contribution in [3.8, 4) is 0 Å². The van der Waals surface area contributed by atoms with Gasteiger partial charge in [0.05, 0.1) is 11.0 Å². The molecule has 0 saturated heterocycles. The average Bonchev–Trinajstić information content (AvgIpc) is 2.36. The Bertz CT molecular complexity index is 500. The van der Waals surface area contributed by atoms with Crippen LogP contribution in [-0.4, -0.2) is 25.3 Å². The maximum absolute atomic E-state index is 11.8. The van der Waals surface area contributed by atoms with Crippen LogP contribution in [0.5, 0.6) is 0 Å². The topological polar surface area (TPSA) is 34.1 Å². The first-order valence-corrected chi connectivity index (χ1v) is 9.42. The maximum Gasteiger partial charge on any atom is 0.152 e. The first kappa shape index (κ1) is 17.0. The summed E-state index contributed by atoms with van der Waals surface area (Å²) in [6.07, 6.45) is 1.42. The van der Waals surface area contributed by atoms with Crippen LogP contribution in [0.3, 0.4) is 0 Å². The molecule has 0 aliphatic carbocycles. The standard InChI is InChI=1S/C14H20BrClO2S/c1-11(2)19(17,18)8-7-12(10-16)9-13-5-3-4-6-14(13)15/h3-6,11-12H,7-10H2,1-2H3. The van der Waals surface area contributed by atoms with Gasteiger partial charge in [-0.1, -0.05) is 34.1 Å². The van der Waals surface area contributed by atoms with E-state index in [-0.39, 0.29) is 16.9 Å². The lowest BCUT2D eigenvalue weighted by molar-refractivity contribution is 0.543. The zero-order chi connectivity index (χ0) is 14.5. The van der Waals surface area contributed by atoms with Crippen LogP contribution >= 0.6 is 27.5 Å². The summed E-state index contributed by atoms with van der Waals surface area (Å²) in [6, 6.07) is 7.98. The molecule has 0 heterocycles. The van der Waals surface area contributed by atoms with Crippen molar-refractivity contribution in [2.24, 2.45) is 5.92 Å². The molecular weight excluding hydrogens is 348 g/mol. The number of halogens is 2. The normalized spacial score (nSPS) is 13.7. The van der Waals surface area contributed by atoms with Crippen LogP contribution in [0.25, 0.3) is 0 Å². The van der Waals surface area contributed by atoms with Crippen molar-refractivity contribution in [1.29, 1.82) is 0 Å². The van der Waals surface area contributed by atoms with Crippen LogP contribution in [0.1, 0.15) is 25.8 Å². The number of sulfone groups is 1. The van der Waals surface area contributed by atoms with E-state index in [2.05, 4.69) is 15.9 Å². The van der Waals surface area contributed by atoms with Crippen molar-refractivity contribution < 1.29 is 8.42 Å². The summed E-state index contributed by atoms with van der Waals surface area (Å²) in [5.74, 6) is 0.885. The molecule has 0 amide bonds. The Labute approximate surface area is 129 Å². The lowest BCUT2D eigenvalue weighted by Crippen LogP contribution is -2.21. The Morgan fingerprint density at radius 3 is 2.42 bits per heavy atom. The van der Waals surface area contributed by atoms with Crippen molar-refractivity contribution in [3.05, 3.63) is 34.3 Å². The Kier molecular flexibility index (Phi) is 6.84. The van der Waals surface area contributed by atoms with E-state index in [4.69, 9.17) is 11.6 Å². The van der Waals surface area contributed by atoms with Crippen molar-refractivity contribution >= 4 is 37.4 Å². The molecule has 1 aromatic rings. The second-order valence-electron chi connectivity index (χ2n) is 5.02. The number of benzene rings is 1. The fourth-order valence-electron chi connectivity index (χ4n) is 1.78. The molecule has 0 aliphatic heterocycles. The predicted octanol–water partition coefficient (Wildman–Crippen LogP) is 4.06. The Morgan fingerprint density at radius 2 is 1.89 bits per heavy atom. The van der Waals surface area contributed by atoms with Gasteiger partial charge in [-0.15, -0.1) is 11.6 Å². The highest BCUT2D eigenvalue weighted by molar-refractivity contribution is 9.10. The molecule has 0 aliphatic rings. The van der Waals surface area contributed by atoms with Crippen molar-refractivity contribution in [2.75, 3.05) is 11.6 Å². The fourth-order valence-corrected chi connectivity index (χ4v) is 3.62. The van der Waals surface area contributed by atoms with E-state index in [1.165, 1.54) is 5.56 Å². The van der Waals surface area contributed by atoms with Gasteiger partial charge in [-0.05, 0) is 44.2 Å². The van der Waals surface area contributed by atoms with Gasteiger partial charge in [0, 0.05) is 10.4 Å². The molecule has 108 valence electrons. The van der Waals surface area contributed by atoms with E-state index >= 15 is 0 Å². The third-order valence-electron chi connectivity index (χ3n) is 3.21. The smallest absolute Gasteiger partial charge is 0.152 e. The Balaban J connectivity index is 2.63. The van der Waals surface area contributed by atoms with Gasteiger partial charge in [-0.25, -0.2) is 8.42 Å². The minimum absolute atomic E-state index is 0.189. The highest BCUT2D eigenvalue weighted by Crippen LogP contribution is 2.22. The maximum atomic E-state index is 11.8. The average molecular weight is 368 g/mol. The number of alkyl halides is 1. The van der Waals surface area contributed by atoms with Gasteiger partial charge in [-0.2, -0.15) is 0 Å². The second-order valence-corrected chi connectivity index (χ2v) is 8.86. The monoisotopic (exact) mass is 366 g/mol. The van der Waals surface area contributed by atoms with Crippen LogP contribution in [0.4, 0.5) is 0 Å². The molecule has 0 spiro atoms. The van der Waals surface area contributed by atoms with Crippen molar-refractivity contribution in [3.63, 3.8) is 0 Å². The lowest BCUT2D eigenvalue weighted by atomic mass is 9.99. The molecular formula is C14H20BrClO2S. The summed E-state index contributed by atoms with van der Waals surface area (Å²) in [7, 11) is -2.98. The fraction of sp³-hybridized carbons (Fsp3) is 0.571. The van der Waals surface area contributed by atoms with E-state index in [0.29, 0.717) is 12.3 Å². The molecule has 1 rings (SSSR count). The van der Waals surface area contributed by atoms with Crippen LogP contribution in [0, 0.1) is 5.92 Å². The third kappa shape index (κ3) is 5.44. The molecule has 0 fully saturated rings. The molecule has 5 heteroatoms. The molecule has 0 bridgehead atoms. The van der Waals surface area contributed by atoms with E-state index in [1.807, 2.05) is 24.3 Å². The van der Waals surface area contributed by atoms with E-state index in [1.54, 1.807) is 13.8 Å². The number of hydrogen-bond acceptors (Lipinski definition) is 2. The van der Waals surface area contributed by atoms with E-state index in [9.17, 15) is 8.42 Å². The van der Waals surface area contributed by atoms with Crippen LogP contribution in [0.15, 0.2) is 28.7 Å². The quantitative estimate of drug-likeness (QED) is 0.681. The van der Waals surface area contributed by atoms with Gasteiger partial charge in [0.2, 0.25) is 0 Å². The Morgan fingerprint density at radius 1 is 1.26 bits per heavy atom. The highest BCUT2D eigenvalue weighted by Gasteiger charge is 2.19. The minimum atomic E-state index is -2.98. The molecule has 0 saturated carbocycles.